The van der Waals surface area contributed by atoms with Crippen molar-refractivity contribution in [3.05, 3.63) is 23.0 Å². The lowest BCUT2D eigenvalue weighted by molar-refractivity contribution is 0.425. The third-order valence-electron chi connectivity index (χ3n) is 1.32. The molecule has 0 bridgehead atoms. The van der Waals surface area contributed by atoms with Crippen molar-refractivity contribution < 1.29 is 10.0 Å². The molecule has 0 amide bonds. The van der Waals surface area contributed by atoms with Gasteiger partial charge in [-0.2, -0.15) is 5.26 Å². The monoisotopic (exact) mass is 182 g/mol. The first-order chi connectivity index (χ1) is 5.66. The average molecular weight is 182 g/mol. The van der Waals surface area contributed by atoms with Crippen LogP contribution in [0.25, 0.3) is 0 Å². The lowest BCUT2D eigenvalue weighted by Crippen LogP contribution is -2.33. The highest BCUT2D eigenvalue weighted by molar-refractivity contribution is 6.63. The largest absolute Gasteiger partial charge is 0.492 e. The van der Waals surface area contributed by atoms with Crippen molar-refractivity contribution in [1.29, 1.82) is 5.26 Å². The average Bonchev–Trinajstić information content (AvgIpc) is 2.03. The van der Waals surface area contributed by atoms with Crippen LogP contribution < -0.4 is 5.46 Å². The minimum absolute atomic E-state index is 0.0540. The Morgan fingerprint density at radius 2 is 2.25 bits per heavy atom. The summed E-state index contributed by atoms with van der Waals surface area (Å²) >= 11 is 5.52. The van der Waals surface area contributed by atoms with Crippen LogP contribution >= 0.6 is 11.6 Å². The number of hydrogen-bond acceptors (Lipinski definition) is 4. The molecule has 0 spiro atoms. The zero-order valence-electron chi connectivity index (χ0n) is 5.90. The Morgan fingerprint density at radius 1 is 1.58 bits per heavy atom. The molecular weight excluding hydrogens is 178 g/mol. The maximum Gasteiger partial charge on any atom is 0.492 e. The Hall–Kier alpha value is -1.09. The minimum Gasteiger partial charge on any atom is -0.423 e. The summed E-state index contributed by atoms with van der Waals surface area (Å²) in [6.07, 6.45) is 1.33. The second-order valence-electron chi connectivity index (χ2n) is 2.05. The molecule has 1 heterocycles. The molecular formula is C6H4BClN2O2. The van der Waals surface area contributed by atoms with E-state index < -0.39 is 7.12 Å². The van der Waals surface area contributed by atoms with Gasteiger partial charge in [-0.3, -0.25) is 0 Å². The standard InChI is InChI=1S/C6H4BClN2O2/c8-6-5(7(11)12)4(3-9)1-2-10-6/h1-2,11-12H. The van der Waals surface area contributed by atoms with Gasteiger partial charge in [-0.25, -0.2) is 4.98 Å². The molecule has 60 valence electrons. The molecule has 0 radical (unpaired) electrons. The number of nitrogens with zero attached hydrogens (tertiary/aromatic N) is 2. The molecule has 0 unspecified atom stereocenters. The second kappa shape index (κ2) is 3.54. The van der Waals surface area contributed by atoms with Crippen LogP contribution in [0, 0.1) is 11.3 Å². The molecule has 0 atom stereocenters. The van der Waals surface area contributed by atoms with E-state index in [0.29, 0.717) is 0 Å². The fraction of sp³-hybridized carbons (Fsp3) is 0. The zero-order valence-corrected chi connectivity index (χ0v) is 6.65. The van der Waals surface area contributed by atoms with Gasteiger partial charge in [-0.15, -0.1) is 0 Å². The zero-order chi connectivity index (χ0) is 9.14. The number of aromatic nitrogens is 1. The summed E-state index contributed by atoms with van der Waals surface area (Å²) in [4.78, 5) is 3.60. The van der Waals surface area contributed by atoms with Gasteiger partial charge >= 0.3 is 7.12 Å². The summed E-state index contributed by atoms with van der Waals surface area (Å²) in [6.45, 7) is 0. The third kappa shape index (κ3) is 1.56. The van der Waals surface area contributed by atoms with E-state index in [0.717, 1.165) is 0 Å². The van der Waals surface area contributed by atoms with E-state index in [9.17, 15) is 0 Å². The number of nitriles is 1. The number of halogens is 1. The van der Waals surface area contributed by atoms with E-state index in [4.69, 9.17) is 26.9 Å². The van der Waals surface area contributed by atoms with Gasteiger partial charge in [-0.05, 0) is 6.07 Å². The van der Waals surface area contributed by atoms with E-state index in [1.807, 2.05) is 0 Å². The van der Waals surface area contributed by atoms with E-state index in [1.165, 1.54) is 12.3 Å². The van der Waals surface area contributed by atoms with Crippen molar-refractivity contribution in [3.63, 3.8) is 0 Å². The number of pyridine rings is 1. The molecule has 0 aliphatic rings. The highest BCUT2D eigenvalue weighted by Crippen LogP contribution is 2.03. The van der Waals surface area contributed by atoms with Gasteiger partial charge in [0.05, 0.1) is 11.6 Å². The summed E-state index contributed by atoms with van der Waals surface area (Å²) in [7, 11) is -1.76. The lowest BCUT2D eigenvalue weighted by atomic mass is 9.78. The molecule has 0 saturated carbocycles. The Kier molecular flexibility index (Phi) is 2.66. The topological polar surface area (TPSA) is 77.1 Å². The van der Waals surface area contributed by atoms with Gasteiger partial charge in [0, 0.05) is 11.7 Å². The van der Waals surface area contributed by atoms with Crippen LogP contribution in [-0.4, -0.2) is 22.2 Å². The van der Waals surface area contributed by atoms with Gasteiger partial charge in [0.1, 0.15) is 5.15 Å². The molecule has 1 aromatic heterocycles. The van der Waals surface area contributed by atoms with Crippen molar-refractivity contribution in [2.24, 2.45) is 0 Å². The molecule has 6 heteroatoms. The van der Waals surface area contributed by atoms with Crippen LogP contribution in [-0.2, 0) is 0 Å². The SMILES string of the molecule is N#Cc1ccnc(Cl)c1B(O)O. The Morgan fingerprint density at radius 3 is 2.67 bits per heavy atom. The van der Waals surface area contributed by atoms with Crippen LogP contribution in [0.1, 0.15) is 5.56 Å². The third-order valence-corrected chi connectivity index (χ3v) is 1.62. The molecule has 0 saturated heterocycles. The van der Waals surface area contributed by atoms with E-state index in [1.54, 1.807) is 6.07 Å². The molecule has 12 heavy (non-hydrogen) atoms. The Bertz CT molecular complexity index is 337. The molecule has 1 rings (SSSR count). The summed E-state index contributed by atoms with van der Waals surface area (Å²) < 4.78 is 0. The number of hydrogen-bond donors (Lipinski definition) is 2. The van der Waals surface area contributed by atoms with Gasteiger partial charge in [0.25, 0.3) is 0 Å². The molecule has 2 N–H and O–H groups in total. The molecule has 1 aromatic rings. The normalized spacial score (nSPS) is 9.17. The van der Waals surface area contributed by atoms with Crippen molar-refractivity contribution in [2.75, 3.05) is 0 Å². The van der Waals surface area contributed by atoms with E-state index in [-0.39, 0.29) is 16.2 Å². The molecule has 4 nitrogen and oxygen atoms in total. The van der Waals surface area contributed by atoms with Gasteiger partial charge in [0.2, 0.25) is 0 Å². The maximum absolute atomic E-state index is 8.80. The Labute approximate surface area is 74.2 Å². The summed E-state index contributed by atoms with van der Waals surface area (Å²) in [6, 6.07) is 3.14. The van der Waals surface area contributed by atoms with Crippen LogP contribution in [0.4, 0.5) is 0 Å². The van der Waals surface area contributed by atoms with Crippen LogP contribution in [0.2, 0.25) is 5.15 Å². The maximum atomic E-state index is 8.80. The predicted molar refractivity (Wildman–Crippen MR) is 43.8 cm³/mol. The van der Waals surface area contributed by atoms with Crippen LogP contribution in [0.5, 0.6) is 0 Å². The van der Waals surface area contributed by atoms with Gasteiger partial charge in [0.15, 0.2) is 0 Å². The Balaban J connectivity index is 3.32. The lowest BCUT2D eigenvalue weighted by Gasteiger charge is -2.02. The van der Waals surface area contributed by atoms with Crippen molar-refractivity contribution in [2.45, 2.75) is 0 Å². The summed E-state index contributed by atoms with van der Waals surface area (Å²) in [5, 5.41) is 26.1. The quantitative estimate of drug-likeness (QED) is 0.444. The minimum atomic E-state index is -1.76. The molecule has 0 aliphatic carbocycles. The van der Waals surface area contributed by atoms with Gasteiger partial charge < -0.3 is 10.0 Å². The smallest absolute Gasteiger partial charge is 0.423 e. The first-order valence-corrected chi connectivity index (χ1v) is 3.45. The summed E-state index contributed by atoms with van der Waals surface area (Å²) in [5.74, 6) is 0. The van der Waals surface area contributed by atoms with Crippen molar-refractivity contribution >= 4 is 24.2 Å². The van der Waals surface area contributed by atoms with E-state index >= 15 is 0 Å². The summed E-state index contributed by atoms with van der Waals surface area (Å²) in [5.41, 5.74) is 0.0617. The predicted octanol–water partition coefficient (Wildman–Crippen LogP) is -0.714. The highest BCUT2D eigenvalue weighted by Gasteiger charge is 2.20. The highest BCUT2D eigenvalue weighted by atomic mass is 35.5. The van der Waals surface area contributed by atoms with Gasteiger partial charge in [-0.1, -0.05) is 11.6 Å². The van der Waals surface area contributed by atoms with E-state index in [2.05, 4.69) is 4.98 Å². The number of rotatable bonds is 1. The van der Waals surface area contributed by atoms with Crippen LogP contribution in [0.15, 0.2) is 12.3 Å². The first-order valence-electron chi connectivity index (χ1n) is 3.07. The van der Waals surface area contributed by atoms with Crippen LogP contribution in [0.3, 0.4) is 0 Å². The molecule has 0 fully saturated rings. The fourth-order valence-corrected chi connectivity index (χ4v) is 1.05. The fourth-order valence-electron chi connectivity index (χ4n) is 0.791. The second-order valence-corrected chi connectivity index (χ2v) is 2.41. The molecule has 0 aliphatic heterocycles. The molecule has 0 aromatic carbocycles. The van der Waals surface area contributed by atoms with Crippen molar-refractivity contribution in [1.82, 2.24) is 4.98 Å². The van der Waals surface area contributed by atoms with Crippen molar-refractivity contribution in [3.8, 4) is 6.07 Å². The first kappa shape index (κ1) is 9.01.